The molecule has 0 atom stereocenters. The molecule has 0 radical (unpaired) electrons. The number of aromatic nitrogens is 4. The lowest BCUT2D eigenvalue weighted by molar-refractivity contribution is 0.587. The van der Waals surface area contributed by atoms with Gasteiger partial charge in [-0.2, -0.15) is 7.94 Å². The second kappa shape index (κ2) is 7.85. The van der Waals surface area contributed by atoms with E-state index in [9.17, 15) is 36.0 Å². The lowest BCUT2D eigenvalue weighted by Gasteiger charge is -2.00. The van der Waals surface area contributed by atoms with Crippen molar-refractivity contribution < 1.29 is 16.8 Å². The largest absolute Gasteiger partial charge is 0.342 e. The maximum atomic E-state index is 10.9. The number of H-pyrrole nitrogens is 2. The maximum absolute atomic E-state index is 10.9. The van der Waals surface area contributed by atoms with Gasteiger partial charge in [-0.3, -0.25) is 19.6 Å². The SMILES string of the molecule is CS(=O)(=O)n1cc(Br)c(=O)[nH]c1=O.CS(=O)(=O)n1cc(Br)c(=O)[nH]c1=O. The lowest BCUT2D eigenvalue weighted by atomic mass is 10.7. The summed E-state index contributed by atoms with van der Waals surface area (Å²) in [5.74, 6) is 0. The van der Waals surface area contributed by atoms with Crippen LogP contribution in [0.1, 0.15) is 0 Å². The molecule has 2 heterocycles. The summed E-state index contributed by atoms with van der Waals surface area (Å²) in [4.78, 5) is 47.2. The first-order chi connectivity index (χ1) is 11.6. The minimum absolute atomic E-state index is 0.0162. The number of nitrogens with zero attached hydrogens (tertiary/aromatic N) is 2. The molecule has 0 spiro atoms. The predicted octanol–water partition coefficient (Wildman–Crippen LogP) is -1.79. The Kier molecular flexibility index (Phi) is 6.72. The molecule has 0 bridgehead atoms. The minimum atomic E-state index is -3.67. The molecule has 0 aromatic carbocycles. The van der Waals surface area contributed by atoms with E-state index in [1.165, 1.54) is 0 Å². The highest BCUT2D eigenvalue weighted by Gasteiger charge is 2.10. The quantitative estimate of drug-likeness (QED) is 0.451. The van der Waals surface area contributed by atoms with E-state index < -0.39 is 42.5 Å². The molecule has 0 fully saturated rings. The van der Waals surface area contributed by atoms with Crippen LogP contribution >= 0.6 is 31.9 Å². The van der Waals surface area contributed by atoms with Gasteiger partial charge >= 0.3 is 11.4 Å². The average molecular weight is 538 g/mol. The molecule has 0 aliphatic rings. The molecule has 0 unspecified atom stereocenters. The number of rotatable bonds is 2. The highest BCUT2D eigenvalue weighted by molar-refractivity contribution is 9.10. The smallest absolute Gasteiger partial charge is 0.272 e. The van der Waals surface area contributed by atoms with Gasteiger partial charge < -0.3 is 0 Å². The molecule has 0 saturated heterocycles. The zero-order chi connectivity index (χ0) is 20.4. The molecule has 2 aromatic heterocycles. The van der Waals surface area contributed by atoms with Gasteiger partial charge in [0.1, 0.15) is 8.95 Å². The monoisotopic (exact) mass is 536 g/mol. The third-order valence-electron chi connectivity index (χ3n) is 2.45. The van der Waals surface area contributed by atoms with Crippen molar-refractivity contribution in [3.05, 3.63) is 63.0 Å². The summed E-state index contributed by atoms with van der Waals surface area (Å²) in [6.45, 7) is 0. The Hall–Kier alpha value is -1.78. The van der Waals surface area contributed by atoms with Crippen molar-refractivity contribution >= 4 is 51.9 Å². The zero-order valence-electron chi connectivity index (χ0n) is 12.9. The van der Waals surface area contributed by atoms with Crippen molar-refractivity contribution in [3.8, 4) is 0 Å². The second-order valence-electron chi connectivity index (χ2n) is 4.59. The summed E-state index contributed by atoms with van der Waals surface area (Å²) in [7, 11) is -7.34. The summed E-state index contributed by atoms with van der Waals surface area (Å²) in [6.07, 6.45) is 3.55. The van der Waals surface area contributed by atoms with Gasteiger partial charge in [0, 0.05) is 12.4 Å². The van der Waals surface area contributed by atoms with Crippen LogP contribution in [0.3, 0.4) is 0 Å². The molecule has 0 aliphatic carbocycles. The van der Waals surface area contributed by atoms with Crippen molar-refractivity contribution in [1.29, 1.82) is 0 Å². The number of hydrogen-bond acceptors (Lipinski definition) is 8. The fourth-order valence-electron chi connectivity index (χ4n) is 1.36. The van der Waals surface area contributed by atoms with Gasteiger partial charge in [0.15, 0.2) is 0 Å². The fraction of sp³-hybridized carbons (Fsp3) is 0.200. The van der Waals surface area contributed by atoms with E-state index in [4.69, 9.17) is 0 Å². The molecule has 2 N–H and O–H groups in total. The van der Waals surface area contributed by atoms with Crippen LogP contribution in [0.4, 0.5) is 0 Å². The number of nitrogens with one attached hydrogen (secondary N) is 2. The topological polar surface area (TPSA) is 178 Å². The molecule has 16 heteroatoms. The van der Waals surface area contributed by atoms with Gasteiger partial charge in [0.05, 0.1) is 12.5 Å². The van der Waals surface area contributed by atoms with Crippen molar-refractivity contribution in [2.24, 2.45) is 0 Å². The van der Waals surface area contributed by atoms with Crippen LogP contribution in [0.15, 0.2) is 40.5 Å². The number of halogens is 2. The molecule has 2 aromatic rings. The van der Waals surface area contributed by atoms with Gasteiger partial charge in [-0.05, 0) is 31.9 Å². The molecule has 0 aliphatic heterocycles. The molecule has 0 saturated carbocycles. The molecular formula is C10H10Br2N4O8S2. The van der Waals surface area contributed by atoms with Crippen LogP contribution in [0.5, 0.6) is 0 Å². The number of hydrogen-bond donors (Lipinski definition) is 2. The highest BCUT2D eigenvalue weighted by Crippen LogP contribution is 1.99. The van der Waals surface area contributed by atoms with Crippen molar-refractivity contribution in [2.45, 2.75) is 0 Å². The van der Waals surface area contributed by atoms with Gasteiger partial charge in [-0.1, -0.05) is 0 Å². The minimum Gasteiger partial charge on any atom is -0.272 e. The van der Waals surface area contributed by atoms with E-state index in [2.05, 4.69) is 31.9 Å². The summed E-state index contributed by atoms with van der Waals surface area (Å²) < 4.78 is 44.6. The molecule has 2 rings (SSSR count). The van der Waals surface area contributed by atoms with E-state index in [-0.39, 0.29) is 8.95 Å². The highest BCUT2D eigenvalue weighted by atomic mass is 79.9. The van der Waals surface area contributed by atoms with Gasteiger partial charge in [-0.25, -0.2) is 26.4 Å². The summed E-state index contributed by atoms with van der Waals surface area (Å²) in [6, 6.07) is 0. The average Bonchev–Trinajstić information content (AvgIpc) is 2.45. The Morgan fingerprint density at radius 3 is 1.23 bits per heavy atom. The van der Waals surface area contributed by atoms with Crippen molar-refractivity contribution in [3.63, 3.8) is 0 Å². The Morgan fingerprint density at radius 1 is 0.731 bits per heavy atom. The lowest BCUT2D eigenvalue weighted by Crippen LogP contribution is -2.33. The molecule has 144 valence electrons. The van der Waals surface area contributed by atoms with Crippen LogP contribution in [-0.2, 0) is 20.0 Å². The fourth-order valence-corrected chi connectivity index (χ4v) is 3.52. The normalized spacial score (nSPS) is 11.5. The Morgan fingerprint density at radius 2 is 1.00 bits per heavy atom. The van der Waals surface area contributed by atoms with Crippen LogP contribution in [-0.4, -0.2) is 47.3 Å². The Labute approximate surface area is 161 Å². The summed E-state index contributed by atoms with van der Waals surface area (Å²) >= 11 is 5.61. The second-order valence-corrected chi connectivity index (χ2v) is 10.0. The van der Waals surface area contributed by atoms with E-state index in [0.29, 0.717) is 7.94 Å². The molecule has 12 nitrogen and oxygen atoms in total. The summed E-state index contributed by atoms with van der Waals surface area (Å²) in [5, 5.41) is 0. The number of aromatic amines is 2. The van der Waals surface area contributed by atoms with Crippen molar-refractivity contribution in [1.82, 2.24) is 17.9 Å². The van der Waals surface area contributed by atoms with Crippen LogP contribution in [0.25, 0.3) is 0 Å². The molecular weight excluding hydrogens is 528 g/mol. The Balaban J connectivity index is 0.000000260. The van der Waals surface area contributed by atoms with Crippen molar-refractivity contribution in [2.75, 3.05) is 12.5 Å². The van der Waals surface area contributed by atoms with E-state index in [1.54, 1.807) is 0 Å². The predicted molar refractivity (Wildman–Crippen MR) is 98.5 cm³/mol. The molecule has 26 heavy (non-hydrogen) atoms. The zero-order valence-corrected chi connectivity index (χ0v) is 17.7. The standard InChI is InChI=1S/2C5H5BrN2O4S/c2*1-13(11,12)8-2-3(6)4(9)7-5(8)10/h2*2H,1H3,(H,7,9,10). The Bertz CT molecular complexity index is 1180. The van der Waals surface area contributed by atoms with Crippen LogP contribution < -0.4 is 22.5 Å². The van der Waals surface area contributed by atoms with E-state index in [0.717, 1.165) is 24.9 Å². The third kappa shape index (κ3) is 5.61. The van der Waals surface area contributed by atoms with Gasteiger partial charge in [0.25, 0.3) is 11.1 Å². The first-order valence-electron chi connectivity index (χ1n) is 6.08. The molecule has 0 amide bonds. The third-order valence-corrected chi connectivity index (χ3v) is 5.55. The van der Waals surface area contributed by atoms with Crippen LogP contribution in [0.2, 0.25) is 0 Å². The summed E-state index contributed by atoms with van der Waals surface area (Å²) in [5.41, 5.74) is -3.28. The van der Waals surface area contributed by atoms with E-state index >= 15 is 0 Å². The first-order valence-corrected chi connectivity index (χ1v) is 11.4. The first kappa shape index (κ1) is 22.3. The van der Waals surface area contributed by atoms with E-state index in [1.807, 2.05) is 9.97 Å². The van der Waals surface area contributed by atoms with Gasteiger partial charge in [-0.15, -0.1) is 0 Å². The van der Waals surface area contributed by atoms with Crippen LogP contribution in [0, 0.1) is 0 Å². The maximum Gasteiger partial charge on any atom is 0.342 e. The van der Waals surface area contributed by atoms with Gasteiger partial charge in [0.2, 0.25) is 20.0 Å².